The molecule has 0 aliphatic heterocycles. The van der Waals surface area contributed by atoms with Gasteiger partial charge in [-0.05, 0) is 40.5 Å². The molecule has 0 amide bonds. The molecule has 3 nitrogen and oxygen atoms in total. The number of aromatic nitrogens is 1. The van der Waals surface area contributed by atoms with Gasteiger partial charge in [-0.3, -0.25) is 0 Å². The Morgan fingerprint density at radius 2 is 2.20 bits per heavy atom. The highest BCUT2D eigenvalue weighted by Crippen LogP contribution is 2.31. The highest BCUT2D eigenvalue weighted by molar-refractivity contribution is 9.10. The van der Waals surface area contributed by atoms with Crippen molar-refractivity contribution in [2.75, 3.05) is 5.43 Å². The molecule has 0 saturated carbocycles. The zero-order valence-corrected chi connectivity index (χ0v) is 10.4. The molecule has 0 radical (unpaired) electrons. The van der Waals surface area contributed by atoms with Crippen LogP contribution in [0.2, 0.25) is 5.02 Å². The molecule has 0 aliphatic carbocycles. The third-order valence-electron chi connectivity index (χ3n) is 2.21. The van der Waals surface area contributed by atoms with E-state index in [9.17, 15) is 0 Å². The van der Waals surface area contributed by atoms with Crippen LogP contribution in [-0.2, 0) is 0 Å². The first-order chi connectivity index (χ1) is 7.13. The predicted octanol–water partition coefficient (Wildman–Crippen LogP) is 3.24. The molecule has 1 heterocycles. The molecule has 0 bridgehead atoms. The summed E-state index contributed by atoms with van der Waals surface area (Å²) in [6, 6.07) is 5.78. The Hall–Kier alpha value is -0.840. The van der Waals surface area contributed by atoms with Crippen LogP contribution in [0.15, 0.2) is 22.7 Å². The van der Waals surface area contributed by atoms with Crippen molar-refractivity contribution in [2.24, 2.45) is 5.84 Å². The number of anilines is 1. The lowest BCUT2D eigenvalue weighted by Crippen LogP contribution is -2.10. The van der Waals surface area contributed by atoms with Gasteiger partial charge in [-0.15, -0.1) is 0 Å². The van der Waals surface area contributed by atoms with E-state index in [-0.39, 0.29) is 0 Å². The van der Waals surface area contributed by atoms with Crippen molar-refractivity contribution in [1.82, 2.24) is 4.98 Å². The Bertz CT molecular complexity index is 528. The zero-order valence-electron chi connectivity index (χ0n) is 8.01. The molecule has 0 unspecified atom stereocenters. The van der Waals surface area contributed by atoms with Crippen LogP contribution in [0.25, 0.3) is 10.9 Å². The third kappa shape index (κ3) is 1.80. The Kier molecular flexibility index (Phi) is 2.82. The van der Waals surface area contributed by atoms with Gasteiger partial charge in [0.1, 0.15) is 5.82 Å². The number of fused-ring (bicyclic) bond motifs is 1. The minimum atomic E-state index is 0.641. The van der Waals surface area contributed by atoms with Gasteiger partial charge in [0.25, 0.3) is 0 Å². The maximum absolute atomic E-state index is 5.98. The van der Waals surface area contributed by atoms with Crippen LogP contribution in [-0.4, -0.2) is 4.98 Å². The Morgan fingerprint density at radius 1 is 1.47 bits per heavy atom. The highest BCUT2D eigenvalue weighted by atomic mass is 79.9. The fourth-order valence-electron chi connectivity index (χ4n) is 1.43. The molecule has 15 heavy (non-hydrogen) atoms. The molecular weight excluding hydrogens is 277 g/mol. The average molecular weight is 287 g/mol. The monoisotopic (exact) mass is 285 g/mol. The van der Waals surface area contributed by atoms with E-state index in [0.717, 1.165) is 20.9 Å². The van der Waals surface area contributed by atoms with E-state index in [1.54, 1.807) is 0 Å². The van der Waals surface area contributed by atoms with Crippen LogP contribution in [0.1, 0.15) is 5.56 Å². The number of aryl methyl sites for hydroxylation is 1. The normalized spacial score (nSPS) is 10.7. The largest absolute Gasteiger partial charge is 0.308 e. The van der Waals surface area contributed by atoms with Crippen molar-refractivity contribution in [3.63, 3.8) is 0 Å². The molecule has 1 aromatic carbocycles. The lowest BCUT2D eigenvalue weighted by Gasteiger charge is -2.08. The number of benzene rings is 1. The quantitative estimate of drug-likeness (QED) is 0.625. The molecule has 78 valence electrons. The van der Waals surface area contributed by atoms with E-state index in [0.29, 0.717) is 10.8 Å². The molecule has 3 N–H and O–H groups in total. The second kappa shape index (κ2) is 3.96. The van der Waals surface area contributed by atoms with E-state index < -0.39 is 0 Å². The summed E-state index contributed by atoms with van der Waals surface area (Å²) in [7, 11) is 0. The van der Waals surface area contributed by atoms with Gasteiger partial charge in [-0.2, -0.15) is 0 Å². The first kappa shape index (κ1) is 10.7. The second-order valence-electron chi connectivity index (χ2n) is 3.23. The molecule has 2 aromatic rings. The number of pyridine rings is 1. The number of nitrogen functional groups attached to an aromatic ring is 1. The Labute approximate surface area is 101 Å². The minimum absolute atomic E-state index is 0.641. The predicted molar refractivity (Wildman–Crippen MR) is 67.0 cm³/mol. The Morgan fingerprint density at radius 3 is 2.87 bits per heavy atom. The van der Waals surface area contributed by atoms with Gasteiger partial charge in [-0.25, -0.2) is 10.8 Å². The van der Waals surface area contributed by atoms with Crippen molar-refractivity contribution in [1.29, 1.82) is 0 Å². The number of halogens is 2. The van der Waals surface area contributed by atoms with Gasteiger partial charge < -0.3 is 5.43 Å². The Balaban J connectivity index is 2.82. The summed E-state index contributed by atoms with van der Waals surface area (Å²) in [5.74, 6) is 6.03. The molecule has 5 heteroatoms. The van der Waals surface area contributed by atoms with Crippen molar-refractivity contribution in [3.05, 3.63) is 33.3 Å². The van der Waals surface area contributed by atoms with Crippen LogP contribution in [0.3, 0.4) is 0 Å². The maximum atomic E-state index is 5.98. The summed E-state index contributed by atoms with van der Waals surface area (Å²) in [6.07, 6.45) is 0. The molecule has 0 spiro atoms. The maximum Gasteiger partial charge on any atom is 0.143 e. The standard InChI is InChI=1S/C10H9BrClN3/c1-5-4-6-2-3-7(12)8(11)9(6)14-10(5)15-13/h2-4H,13H2,1H3,(H,14,15). The number of rotatable bonds is 1. The first-order valence-corrected chi connectivity index (χ1v) is 5.52. The van der Waals surface area contributed by atoms with Gasteiger partial charge in [-0.1, -0.05) is 17.7 Å². The number of hydrazine groups is 1. The average Bonchev–Trinajstić information content (AvgIpc) is 2.23. The summed E-state index contributed by atoms with van der Waals surface area (Å²) >= 11 is 9.39. The topological polar surface area (TPSA) is 50.9 Å². The summed E-state index contributed by atoms with van der Waals surface area (Å²) in [6.45, 7) is 1.95. The highest BCUT2D eigenvalue weighted by Gasteiger charge is 2.07. The third-order valence-corrected chi connectivity index (χ3v) is 3.55. The number of nitrogens with zero attached hydrogens (tertiary/aromatic N) is 1. The summed E-state index contributed by atoms with van der Waals surface area (Å²) < 4.78 is 0.790. The summed E-state index contributed by atoms with van der Waals surface area (Å²) in [4.78, 5) is 4.39. The number of hydrogen-bond acceptors (Lipinski definition) is 3. The molecule has 1 aromatic heterocycles. The van der Waals surface area contributed by atoms with Crippen LogP contribution in [0, 0.1) is 6.92 Å². The van der Waals surface area contributed by atoms with Crippen molar-refractivity contribution >= 4 is 44.3 Å². The van der Waals surface area contributed by atoms with Gasteiger partial charge in [0.2, 0.25) is 0 Å². The van der Waals surface area contributed by atoms with E-state index in [1.807, 2.05) is 25.1 Å². The van der Waals surface area contributed by atoms with E-state index >= 15 is 0 Å². The summed E-state index contributed by atoms with van der Waals surface area (Å²) in [5, 5.41) is 1.67. The van der Waals surface area contributed by atoms with Crippen LogP contribution < -0.4 is 11.3 Å². The first-order valence-electron chi connectivity index (χ1n) is 4.35. The summed E-state index contributed by atoms with van der Waals surface area (Å²) in [5.41, 5.74) is 4.36. The van der Waals surface area contributed by atoms with E-state index in [4.69, 9.17) is 17.4 Å². The molecule has 0 fully saturated rings. The molecule has 0 atom stereocenters. The number of nitrogens with one attached hydrogen (secondary N) is 1. The zero-order chi connectivity index (χ0) is 11.0. The van der Waals surface area contributed by atoms with Crippen LogP contribution in [0.4, 0.5) is 5.82 Å². The second-order valence-corrected chi connectivity index (χ2v) is 4.43. The van der Waals surface area contributed by atoms with E-state index in [1.165, 1.54) is 0 Å². The van der Waals surface area contributed by atoms with Gasteiger partial charge >= 0.3 is 0 Å². The number of nitrogens with two attached hydrogens (primary N) is 1. The van der Waals surface area contributed by atoms with Crippen molar-refractivity contribution < 1.29 is 0 Å². The minimum Gasteiger partial charge on any atom is -0.308 e. The van der Waals surface area contributed by atoms with E-state index in [2.05, 4.69) is 26.3 Å². The van der Waals surface area contributed by atoms with Gasteiger partial charge in [0.15, 0.2) is 0 Å². The lowest BCUT2D eigenvalue weighted by atomic mass is 10.1. The fourth-order valence-corrected chi connectivity index (χ4v) is 2.03. The smallest absolute Gasteiger partial charge is 0.143 e. The van der Waals surface area contributed by atoms with Crippen molar-refractivity contribution in [3.8, 4) is 0 Å². The van der Waals surface area contributed by atoms with Crippen LogP contribution in [0.5, 0.6) is 0 Å². The molecule has 0 aliphatic rings. The van der Waals surface area contributed by atoms with Gasteiger partial charge in [0.05, 0.1) is 15.0 Å². The van der Waals surface area contributed by atoms with Crippen LogP contribution >= 0.6 is 27.5 Å². The fraction of sp³-hybridized carbons (Fsp3) is 0.100. The SMILES string of the molecule is Cc1cc2ccc(Cl)c(Br)c2nc1NN. The lowest BCUT2D eigenvalue weighted by molar-refractivity contribution is 1.22. The molecular formula is C10H9BrClN3. The molecule has 0 saturated heterocycles. The van der Waals surface area contributed by atoms with Crippen molar-refractivity contribution in [2.45, 2.75) is 6.92 Å². The molecule has 2 rings (SSSR count). The van der Waals surface area contributed by atoms with Gasteiger partial charge in [0, 0.05) is 5.39 Å². The number of hydrogen-bond donors (Lipinski definition) is 2.